The summed E-state index contributed by atoms with van der Waals surface area (Å²) in [4.78, 5) is 1.67. The van der Waals surface area contributed by atoms with Gasteiger partial charge in [-0.2, -0.15) is 26.3 Å². The Morgan fingerprint density at radius 3 is 1.71 bits per heavy atom. The lowest BCUT2D eigenvalue weighted by molar-refractivity contribution is -0.282. The fraction of sp³-hybridized carbons (Fsp3) is 1.00. The molecule has 0 saturated heterocycles. The highest BCUT2D eigenvalue weighted by atomic mass is 19.4. The summed E-state index contributed by atoms with van der Waals surface area (Å²) in [6, 6.07) is -0.447. The lowest BCUT2D eigenvalue weighted by Gasteiger charge is -2.26. The quantitative estimate of drug-likeness (QED) is 0.768. The van der Waals surface area contributed by atoms with Crippen LogP contribution in [0.3, 0.4) is 0 Å². The SMILES string of the molecule is CC(CN(C)C)NCC(C(F)(F)F)C(F)(F)F. The van der Waals surface area contributed by atoms with Gasteiger partial charge >= 0.3 is 12.4 Å². The molecule has 1 unspecified atom stereocenters. The maximum atomic E-state index is 12.2. The second-order valence-electron chi connectivity index (χ2n) is 4.21. The molecule has 0 heterocycles. The van der Waals surface area contributed by atoms with Gasteiger partial charge in [-0.1, -0.05) is 0 Å². The number of nitrogens with one attached hydrogen (secondary N) is 1. The zero-order valence-corrected chi connectivity index (χ0v) is 9.78. The third kappa shape index (κ3) is 6.72. The van der Waals surface area contributed by atoms with Crippen LogP contribution in [0.25, 0.3) is 0 Å². The highest BCUT2D eigenvalue weighted by Crippen LogP contribution is 2.38. The molecule has 0 aliphatic carbocycles. The summed E-state index contributed by atoms with van der Waals surface area (Å²) in [5, 5.41) is 2.25. The minimum atomic E-state index is -5.27. The van der Waals surface area contributed by atoms with Crippen LogP contribution in [-0.2, 0) is 0 Å². The highest BCUT2D eigenvalue weighted by molar-refractivity contribution is 4.79. The molecular weight excluding hydrogens is 250 g/mol. The van der Waals surface area contributed by atoms with Crippen LogP contribution in [-0.4, -0.2) is 50.5 Å². The normalized spacial score (nSPS) is 15.7. The number of rotatable bonds is 5. The summed E-state index contributed by atoms with van der Waals surface area (Å²) in [7, 11) is 3.37. The summed E-state index contributed by atoms with van der Waals surface area (Å²) in [6.07, 6.45) is -10.5. The molecule has 1 N–H and O–H groups in total. The van der Waals surface area contributed by atoms with Gasteiger partial charge in [0.05, 0.1) is 0 Å². The van der Waals surface area contributed by atoms with Crippen molar-refractivity contribution in [1.82, 2.24) is 10.2 Å². The Morgan fingerprint density at radius 2 is 1.41 bits per heavy atom. The molecule has 0 aliphatic rings. The van der Waals surface area contributed by atoms with Crippen molar-refractivity contribution in [1.29, 1.82) is 0 Å². The van der Waals surface area contributed by atoms with E-state index in [2.05, 4.69) is 5.32 Å². The molecule has 0 saturated carbocycles. The Morgan fingerprint density at radius 1 is 1.00 bits per heavy atom. The number of halogens is 6. The minimum absolute atomic E-state index is 0.364. The van der Waals surface area contributed by atoms with E-state index in [0.29, 0.717) is 6.54 Å². The number of alkyl halides is 6. The molecule has 0 aromatic heterocycles. The van der Waals surface area contributed by atoms with Crippen LogP contribution in [0.1, 0.15) is 6.92 Å². The third-order valence-corrected chi connectivity index (χ3v) is 2.10. The van der Waals surface area contributed by atoms with E-state index < -0.39 is 30.9 Å². The van der Waals surface area contributed by atoms with Crippen LogP contribution in [0.5, 0.6) is 0 Å². The molecule has 0 bridgehead atoms. The molecule has 0 aliphatic heterocycles. The third-order valence-electron chi connectivity index (χ3n) is 2.10. The van der Waals surface area contributed by atoms with E-state index in [0.717, 1.165) is 0 Å². The van der Waals surface area contributed by atoms with Gasteiger partial charge in [0.15, 0.2) is 5.92 Å². The molecular formula is C9H16F6N2. The van der Waals surface area contributed by atoms with Gasteiger partial charge in [0.1, 0.15) is 0 Å². The number of hydrogen-bond donors (Lipinski definition) is 1. The summed E-state index contributed by atoms with van der Waals surface area (Å²) in [6.45, 7) is 0.744. The van der Waals surface area contributed by atoms with Gasteiger partial charge in [0.25, 0.3) is 0 Å². The van der Waals surface area contributed by atoms with Crippen LogP contribution >= 0.6 is 0 Å². The van der Waals surface area contributed by atoms with Crippen LogP contribution in [0.15, 0.2) is 0 Å². The van der Waals surface area contributed by atoms with Gasteiger partial charge in [-0.15, -0.1) is 0 Å². The van der Waals surface area contributed by atoms with Crippen LogP contribution in [0.4, 0.5) is 26.3 Å². The van der Waals surface area contributed by atoms with Crippen LogP contribution in [0.2, 0.25) is 0 Å². The Kier molecular flexibility index (Phi) is 5.73. The molecule has 1 atom stereocenters. The molecule has 0 rings (SSSR count). The predicted octanol–water partition coefficient (Wildman–Crippen LogP) is 2.27. The average Bonchev–Trinajstić information content (AvgIpc) is 1.96. The predicted molar refractivity (Wildman–Crippen MR) is 51.6 cm³/mol. The van der Waals surface area contributed by atoms with E-state index in [1.807, 2.05) is 0 Å². The first-order valence-electron chi connectivity index (χ1n) is 4.96. The monoisotopic (exact) mass is 266 g/mol. The highest BCUT2D eigenvalue weighted by Gasteiger charge is 2.56. The van der Waals surface area contributed by atoms with Gasteiger partial charge < -0.3 is 10.2 Å². The van der Waals surface area contributed by atoms with Crippen molar-refractivity contribution in [3.05, 3.63) is 0 Å². The standard InChI is InChI=1S/C9H16F6N2/c1-6(5-17(2)3)16-4-7(8(10,11)12)9(13,14)15/h6-7,16H,4-5H2,1-3H3. The number of likely N-dealkylation sites (N-methyl/N-ethyl adjacent to an activating group) is 1. The molecule has 104 valence electrons. The molecule has 2 nitrogen and oxygen atoms in total. The van der Waals surface area contributed by atoms with Crippen molar-refractivity contribution in [3.63, 3.8) is 0 Å². The van der Waals surface area contributed by atoms with E-state index in [1.165, 1.54) is 6.92 Å². The van der Waals surface area contributed by atoms with Crippen molar-refractivity contribution in [2.45, 2.75) is 25.3 Å². The van der Waals surface area contributed by atoms with Crippen molar-refractivity contribution in [2.24, 2.45) is 5.92 Å². The average molecular weight is 266 g/mol. The lowest BCUT2D eigenvalue weighted by Crippen LogP contribution is -2.47. The lowest BCUT2D eigenvalue weighted by atomic mass is 10.1. The van der Waals surface area contributed by atoms with Crippen molar-refractivity contribution in [3.8, 4) is 0 Å². The molecule has 0 spiro atoms. The van der Waals surface area contributed by atoms with E-state index in [4.69, 9.17) is 0 Å². The first-order valence-corrected chi connectivity index (χ1v) is 4.96. The van der Waals surface area contributed by atoms with Crippen LogP contribution < -0.4 is 5.32 Å². The Bertz CT molecular complexity index is 209. The largest absolute Gasteiger partial charge is 0.401 e. The van der Waals surface area contributed by atoms with Gasteiger partial charge in [-0.05, 0) is 21.0 Å². The molecule has 0 radical (unpaired) electrons. The molecule has 0 fully saturated rings. The van der Waals surface area contributed by atoms with Crippen molar-refractivity contribution in [2.75, 3.05) is 27.2 Å². The zero-order chi connectivity index (χ0) is 13.9. The van der Waals surface area contributed by atoms with Crippen molar-refractivity contribution < 1.29 is 26.3 Å². The maximum absolute atomic E-state index is 12.2. The Labute approximate surface area is 96.0 Å². The summed E-state index contributed by atoms with van der Waals surface area (Å²) in [5.74, 6) is -3.32. The van der Waals surface area contributed by atoms with E-state index in [-0.39, 0.29) is 0 Å². The Hall–Kier alpha value is -0.500. The molecule has 0 aromatic rings. The second-order valence-corrected chi connectivity index (χ2v) is 4.21. The zero-order valence-electron chi connectivity index (χ0n) is 9.78. The summed E-state index contributed by atoms with van der Waals surface area (Å²) >= 11 is 0. The van der Waals surface area contributed by atoms with Gasteiger partial charge in [0.2, 0.25) is 0 Å². The van der Waals surface area contributed by atoms with Gasteiger partial charge in [-0.25, -0.2) is 0 Å². The second kappa shape index (κ2) is 5.90. The summed E-state index contributed by atoms with van der Waals surface area (Å²) in [5.41, 5.74) is 0. The molecule has 0 aromatic carbocycles. The maximum Gasteiger partial charge on any atom is 0.401 e. The van der Waals surface area contributed by atoms with Gasteiger partial charge in [-0.3, -0.25) is 0 Å². The molecule has 17 heavy (non-hydrogen) atoms. The first kappa shape index (κ1) is 16.5. The van der Waals surface area contributed by atoms with E-state index >= 15 is 0 Å². The van der Waals surface area contributed by atoms with Gasteiger partial charge in [0, 0.05) is 19.1 Å². The van der Waals surface area contributed by atoms with E-state index in [1.54, 1.807) is 19.0 Å². The number of nitrogens with zero attached hydrogens (tertiary/aromatic N) is 1. The van der Waals surface area contributed by atoms with Crippen LogP contribution in [0, 0.1) is 5.92 Å². The smallest absolute Gasteiger partial charge is 0.312 e. The number of hydrogen-bond acceptors (Lipinski definition) is 2. The topological polar surface area (TPSA) is 15.3 Å². The molecule has 8 heteroatoms. The first-order chi connectivity index (χ1) is 7.44. The fourth-order valence-electron chi connectivity index (χ4n) is 1.35. The molecule has 0 amide bonds. The summed E-state index contributed by atoms with van der Waals surface area (Å²) < 4.78 is 73.0. The fourth-order valence-corrected chi connectivity index (χ4v) is 1.35. The van der Waals surface area contributed by atoms with E-state index in [9.17, 15) is 26.3 Å². The van der Waals surface area contributed by atoms with Crippen molar-refractivity contribution >= 4 is 0 Å². The Balaban J connectivity index is 4.39. The minimum Gasteiger partial charge on any atom is -0.312 e.